The maximum absolute atomic E-state index is 12.6. The lowest BCUT2D eigenvalue weighted by molar-refractivity contribution is 0.0403. The van der Waals surface area contributed by atoms with Gasteiger partial charge in [-0.1, -0.05) is 30.3 Å². The summed E-state index contributed by atoms with van der Waals surface area (Å²) in [5.41, 5.74) is 7.31. The standard InChI is InChI=1S/C21H27N3O3.ClH/c22-14-17-6-8-18(9-7-17)21(26)24-12-10-23(11-13-24)15-19(25)16-27-20-4-2-1-3-5-20;/h1-9,19,25H,10-16,22H2;1H. The number of piperazine rings is 1. The summed E-state index contributed by atoms with van der Waals surface area (Å²) in [6.07, 6.45) is -0.559. The average Bonchev–Trinajstić information content (AvgIpc) is 2.73. The van der Waals surface area contributed by atoms with Gasteiger partial charge in [0, 0.05) is 44.8 Å². The maximum atomic E-state index is 12.6. The Morgan fingerprint density at radius 3 is 2.29 bits per heavy atom. The van der Waals surface area contributed by atoms with E-state index in [-0.39, 0.29) is 24.9 Å². The van der Waals surface area contributed by atoms with E-state index in [1.165, 1.54) is 0 Å². The van der Waals surface area contributed by atoms with Crippen LogP contribution in [0.3, 0.4) is 0 Å². The van der Waals surface area contributed by atoms with Crippen LogP contribution in [0, 0.1) is 0 Å². The van der Waals surface area contributed by atoms with Gasteiger partial charge < -0.3 is 20.5 Å². The van der Waals surface area contributed by atoms with E-state index in [4.69, 9.17) is 10.5 Å². The van der Waals surface area contributed by atoms with E-state index in [0.717, 1.165) is 24.4 Å². The summed E-state index contributed by atoms with van der Waals surface area (Å²) in [6.45, 7) is 4.08. The van der Waals surface area contributed by atoms with E-state index in [1.807, 2.05) is 59.5 Å². The van der Waals surface area contributed by atoms with Gasteiger partial charge >= 0.3 is 0 Å². The van der Waals surface area contributed by atoms with Crippen molar-refractivity contribution in [2.45, 2.75) is 12.6 Å². The van der Waals surface area contributed by atoms with Gasteiger partial charge in [-0.25, -0.2) is 0 Å². The molecule has 0 spiro atoms. The number of para-hydroxylation sites is 1. The normalized spacial score (nSPS) is 15.6. The van der Waals surface area contributed by atoms with Crippen molar-refractivity contribution < 1.29 is 14.6 Å². The third kappa shape index (κ3) is 6.21. The Bertz CT molecular complexity index is 719. The third-order valence-electron chi connectivity index (χ3n) is 4.75. The van der Waals surface area contributed by atoms with Crippen LogP contribution in [0.25, 0.3) is 0 Å². The molecule has 1 amide bonds. The van der Waals surface area contributed by atoms with E-state index in [9.17, 15) is 9.90 Å². The molecule has 0 saturated carbocycles. The van der Waals surface area contributed by atoms with Crippen LogP contribution in [0.1, 0.15) is 15.9 Å². The lowest BCUT2D eigenvalue weighted by Gasteiger charge is -2.35. The molecule has 1 unspecified atom stereocenters. The van der Waals surface area contributed by atoms with Gasteiger partial charge in [-0.05, 0) is 29.8 Å². The molecule has 0 bridgehead atoms. The highest BCUT2D eigenvalue weighted by atomic mass is 35.5. The van der Waals surface area contributed by atoms with Gasteiger partial charge in [-0.2, -0.15) is 0 Å². The molecule has 0 aliphatic carbocycles. The molecule has 6 nitrogen and oxygen atoms in total. The number of rotatable bonds is 7. The molecule has 0 aromatic heterocycles. The molecule has 1 aliphatic rings. The fourth-order valence-electron chi connectivity index (χ4n) is 3.16. The number of aliphatic hydroxyl groups is 1. The molecule has 1 saturated heterocycles. The van der Waals surface area contributed by atoms with Crippen LogP contribution in [0.4, 0.5) is 0 Å². The Morgan fingerprint density at radius 1 is 1.04 bits per heavy atom. The molecule has 3 N–H and O–H groups in total. The lowest BCUT2D eigenvalue weighted by atomic mass is 10.1. The average molecular weight is 406 g/mol. The molecule has 1 fully saturated rings. The van der Waals surface area contributed by atoms with Crippen LogP contribution < -0.4 is 10.5 Å². The largest absolute Gasteiger partial charge is 0.491 e. The number of ether oxygens (including phenoxy) is 1. The zero-order chi connectivity index (χ0) is 19.1. The summed E-state index contributed by atoms with van der Waals surface area (Å²) in [4.78, 5) is 16.6. The first kappa shape index (κ1) is 22.2. The first-order valence-corrected chi connectivity index (χ1v) is 9.32. The Hall–Kier alpha value is -2.12. The van der Waals surface area contributed by atoms with Crippen molar-refractivity contribution in [3.8, 4) is 5.75 Å². The number of amides is 1. The molecule has 1 aliphatic heterocycles. The molecule has 1 heterocycles. The van der Waals surface area contributed by atoms with Gasteiger partial charge in [0.2, 0.25) is 0 Å². The number of nitrogens with two attached hydrogens (primary N) is 1. The van der Waals surface area contributed by atoms with Crippen molar-refractivity contribution in [2.24, 2.45) is 5.73 Å². The number of hydrogen-bond donors (Lipinski definition) is 2. The van der Waals surface area contributed by atoms with Gasteiger partial charge in [0.05, 0.1) is 0 Å². The summed E-state index contributed by atoms with van der Waals surface area (Å²) in [5, 5.41) is 10.2. The highest BCUT2D eigenvalue weighted by Gasteiger charge is 2.23. The van der Waals surface area contributed by atoms with Crippen molar-refractivity contribution in [3.05, 3.63) is 65.7 Å². The summed E-state index contributed by atoms with van der Waals surface area (Å²) in [7, 11) is 0. The predicted octanol–water partition coefficient (Wildman–Crippen LogP) is 1.76. The molecule has 2 aromatic carbocycles. The van der Waals surface area contributed by atoms with E-state index in [2.05, 4.69) is 4.90 Å². The fraction of sp³-hybridized carbons (Fsp3) is 0.381. The van der Waals surface area contributed by atoms with Crippen LogP contribution in [0.5, 0.6) is 5.75 Å². The Kier molecular flexibility index (Phi) is 8.73. The van der Waals surface area contributed by atoms with Gasteiger partial charge in [0.1, 0.15) is 18.5 Å². The molecule has 7 heteroatoms. The second kappa shape index (κ2) is 11.0. The smallest absolute Gasteiger partial charge is 0.253 e. The molecule has 152 valence electrons. The second-order valence-corrected chi connectivity index (χ2v) is 6.77. The molecular weight excluding hydrogens is 378 g/mol. The van der Waals surface area contributed by atoms with E-state index in [0.29, 0.717) is 31.7 Å². The lowest BCUT2D eigenvalue weighted by Crippen LogP contribution is -2.50. The Labute approximate surface area is 172 Å². The number of hydrogen-bond acceptors (Lipinski definition) is 5. The van der Waals surface area contributed by atoms with Gasteiger partial charge in [0.15, 0.2) is 0 Å². The zero-order valence-electron chi connectivity index (χ0n) is 15.9. The van der Waals surface area contributed by atoms with Crippen LogP contribution in [-0.4, -0.2) is 66.2 Å². The Morgan fingerprint density at radius 2 is 1.68 bits per heavy atom. The van der Waals surface area contributed by atoms with Crippen LogP contribution >= 0.6 is 12.4 Å². The quantitative estimate of drug-likeness (QED) is 0.733. The minimum Gasteiger partial charge on any atom is -0.491 e. The van der Waals surface area contributed by atoms with Crippen molar-refractivity contribution in [1.29, 1.82) is 0 Å². The van der Waals surface area contributed by atoms with E-state index < -0.39 is 6.10 Å². The second-order valence-electron chi connectivity index (χ2n) is 6.77. The number of β-amino-alcohol motifs (C(OH)–C–C–N with tert-alkyl or cyclic N) is 1. The fourth-order valence-corrected chi connectivity index (χ4v) is 3.16. The van der Waals surface area contributed by atoms with Crippen LogP contribution in [-0.2, 0) is 6.54 Å². The third-order valence-corrected chi connectivity index (χ3v) is 4.75. The van der Waals surface area contributed by atoms with Crippen LogP contribution in [0.15, 0.2) is 54.6 Å². The molecule has 0 radical (unpaired) electrons. The van der Waals surface area contributed by atoms with Crippen LogP contribution in [0.2, 0.25) is 0 Å². The van der Waals surface area contributed by atoms with Gasteiger partial charge in [-0.3, -0.25) is 9.69 Å². The molecule has 1 atom stereocenters. The summed E-state index contributed by atoms with van der Waals surface area (Å²) >= 11 is 0. The first-order chi connectivity index (χ1) is 13.2. The van der Waals surface area contributed by atoms with Gasteiger partial charge in [0.25, 0.3) is 5.91 Å². The molecular formula is C21H28ClN3O3. The number of carbonyl (C=O) groups is 1. The predicted molar refractivity (Wildman–Crippen MR) is 112 cm³/mol. The Balaban J connectivity index is 0.00000280. The van der Waals surface area contributed by atoms with E-state index >= 15 is 0 Å². The van der Waals surface area contributed by atoms with Crippen molar-refractivity contribution in [1.82, 2.24) is 9.80 Å². The maximum Gasteiger partial charge on any atom is 0.253 e. The van der Waals surface area contributed by atoms with Crippen molar-refractivity contribution >= 4 is 18.3 Å². The topological polar surface area (TPSA) is 79.0 Å². The van der Waals surface area contributed by atoms with Crippen molar-refractivity contribution in [2.75, 3.05) is 39.3 Å². The SMILES string of the molecule is Cl.NCc1ccc(C(=O)N2CCN(CC(O)COc3ccccc3)CC2)cc1. The summed E-state index contributed by atoms with van der Waals surface area (Å²) in [6, 6.07) is 16.9. The number of carbonyl (C=O) groups excluding carboxylic acids is 1. The number of nitrogens with zero attached hydrogens (tertiary/aromatic N) is 2. The first-order valence-electron chi connectivity index (χ1n) is 9.32. The van der Waals surface area contributed by atoms with Gasteiger partial charge in [-0.15, -0.1) is 12.4 Å². The summed E-state index contributed by atoms with van der Waals surface area (Å²) < 4.78 is 5.60. The molecule has 28 heavy (non-hydrogen) atoms. The minimum atomic E-state index is -0.559. The van der Waals surface area contributed by atoms with Crippen molar-refractivity contribution in [3.63, 3.8) is 0 Å². The highest BCUT2D eigenvalue weighted by Crippen LogP contribution is 2.12. The number of benzene rings is 2. The molecule has 2 aromatic rings. The monoisotopic (exact) mass is 405 g/mol. The minimum absolute atomic E-state index is 0. The number of halogens is 1. The highest BCUT2D eigenvalue weighted by molar-refractivity contribution is 5.94. The summed E-state index contributed by atoms with van der Waals surface area (Å²) in [5.74, 6) is 0.804. The zero-order valence-corrected chi connectivity index (χ0v) is 16.7. The van der Waals surface area contributed by atoms with E-state index in [1.54, 1.807) is 0 Å². The molecule has 3 rings (SSSR count). The number of aliphatic hydroxyl groups excluding tert-OH is 1.